The minimum atomic E-state index is -0.778. The average molecular weight is 374 g/mol. The van der Waals surface area contributed by atoms with Gasteiger partial charge in [0.2, 0.25) is 0 Å². The minimum absolute atomic E-state index is 0.721. The van der Waals surface area contributed by atoms with Gasteiger partial charge in [0.1, 0.15) is 8.11 Å². The third-order valence-corrected chi connectivity index (χ3v) is 9.84. The number of rotatable bonds is 6. The Hall–Kier alpha value is -0.783. The molecular formula is C22H32ClNSi. The van der Waals surface area contributed by atoms with E-state index in [0.717, 1.165) is 23.3 Å². The number of halogens is 1. The van der Waals surface area contributed by atoms with Crippen LogP contribution in [0.3, 0.4) is 0 Å². The molecule has 2 fully saturated rings. The van der Waals surface area contributed by atoms with E-state index >= 15 is 0 Å². The van der Waals surface area contributed by atoms with Crippen molar-refractivity contribution in [1.82, 2.24) is 0 Å². The maximum Gasteiger partial charge on any atom is 0.141 e. The van der Waals surface area contributed by atoms with Crippen LogP contribution in [0.15, 0.2) is 24.3 Å². The molecule has 1 heterocycles. The van der Waals surface area contributed by atoms with Gasteiger partial charge in [-0.25, -0.2) is 0 Å². The molecule has 2 aliphatic rings. The van der Waals surface area contributed by atoms with Crippen molar-refractivity contribution in [2.24, 2.45) is 11.8 Å². The molecule has 1 aromatic rings. The predicted octanol–water partition coefficient (Wildman–Crippen LogP) is 6.77. The summed E-state index contributed by atoms with van der Waals surface area (Å²) in [5.41, 5.74) is 2.22. The van der Waals surface area contributed by atoms with E-state index in [1.165, 1.54) is 81.9 Å². The molecule has 1 aliphatic heterocycles. The zero-order valence-electron chi connectivity index (χ0n) is 15.4. The van der Waals surface area contributed by atoms with E-state index < -0.39 is 8.11 Å². The fraction of sp³-hybridized carbons (Fsp3) is 0.682. The number of unbranched alkanes of at least 4 members (excludes halogenated alkanes) is 1. The standard InChI is InChI=1S/C22H32ClNSi/c23-25-15-13-19(14-16-25)4-2-1-3-18-5-9-21(10-6-18)22-11-7-20(17-24)8-12-22/h7-8,11-12,18-19,21,25H,1-6,9-10,13-16H2. The highest BCUT2D eigenvalue weighted by molar-refractivity contribution is 7.07. The summed E-state index contributed by atoms with van der Waals surface area (Å²) in [5.74, 6) is 2.68. The molecule has 1 aliphatic carbocycles. The predicted molar refractivity (Wildman–Crippen MR) is 110 cm³/mol. The van der Waals surface area contributed by atoms with Gasteiger partial charge < -0.3 is 0 Å². The van der Waals surface area contributed by atoms with Crippen molar-refractivity contribution < 1.29 is 0 Å². The molecule has 0 N–H and O–H groups in total. The Balaban J connectivity index is 1.30. The molecule has 1 saturated heterocycles. The van der Waals surface area contributed by atoms with Crippen LogP contribution in [0.2, 0.25) is 12.1 Å². The second-order valence-electron chi connectivity index (χ2n) is 8.35. The van der Waals surface area contributed by atoms with Gasteiger partial charge in [-0.05, 0) is 73.2 Å². The molecule has 3 rings (SSSR count). The normalized spacial score (nSPS) is 29.9. The molecule has 0 aromatic heterocycles. The zero-order valence-corrected chi connectivity index (χ0v) is 17.3. The molecule has 136 valence electrons. The summed E-state index contributed by atoms with van der Waals surface area (Å²) in [7, 11) is -0.778. The number of nitriles is 1. The highest BCUT2D eigenvalue weighted by Gasteiger charge is 2.23. The smallest absolute Gasteiger partial charge is 0.141 e. The molecule has 3 heteroatoms. The Kier molecular flexibility index (Phi) is 7.44. The number of hydrogen-bond acceptors (Lipinski definition) is 1. The van der Waals surface area contributed by atoms with Gasteiger partial charge in [0.05, 0.1) is 11.6 Å². The van der Waals surface area contributed by atoms with Crippen LogP contribution >= 0.6 is 11.1 Å². The van der Waals surface area contributed by atoms with Crippen molar-refractivity contribution in [2.75, 3.05) is 0 Å². The summed E-state index contributed by atoms with van der Waals surface area (Å²) in [6.07, 6.45) is 14.1. The van der Waals surface area contributed by atoms with Crippen LogP contribution in [0.1, 0.15) is 81.3 Å². The van der Waals surface area contributed by atoms with Crippen molar-refractivity contribution in [2.45, 2.75) is 82.2 Å². The van der Waals surface area contributed by atoms with E-state index in [0.29, 0.717) is 0 Å². The SMILES string of the molecule is N#Cc1ccc(C2CCC(CCCCC3CC[SiH](Cl)CC3)CC2)cc1. The van der Waals surface area contributed by atoms with E-state index in [9.17, 15) is 0 Å². The first-order valence-electron chi connectivity index (χ1n) is 10.4. The average Bonchev–Trinajstić information content (AvgIpc) is 2.67. The van der Waals surface area contributed by atoms with Crippen LogP contribution in [-0.2, 0) is 0 Å². The number of hydrogen-bond donors (Lipinski definition) is 0. The Bertz CT molecular complexity index is 548. The summed E-state index contributed by atoms with van der Waals surface area (Å²) >= 11 is 6.34. The zero-order chi connectivity index (χ0) is 17.5. The van der Waals surface area contributed by atoms with Gasteiger partial charge in [-0.2, -0.15) is 16.3 Å². The van der Waals surface area contributed by atoms with E-state index in [1.807, 2.05) is 12.1 Å². The van der Waals surface area contributed by atoms with Crippen LogP contribution in [0.4, 0.5) is 0 Å². The van der Waals surface area contributed by atoms with Gasteiger partial charge >= 0.3 is 0 Å². The molecule has 0 radical (unpaired) electrons. The molecule has 1 saturated carbocycles. The summed E-state index contributed by atoms with van der Waals surface area (Å²) in [6, 6.07) is 13.3. The maximum absolute atomic E-state index is 8.92. The fourth-order valence-corrected chi connectivity index (χ4v) is 7.60. The van der Waals surface area contributed by atoms with Crippen molar-refractivity contribution in [1.29, 1.82) is 5.26 Å². The molecule has 0 bridgehead atoms. The van der Waals surface area contributed by atoms with Gasteiger partial charge in [-0.15, -0.1) is 0 Å². The topological polar surface area (TPSA) is 23.8 Å². The Morgan fingerprint density at radius 3 is 2.00 bits per heavy atom. The lowest BCUT2D eigenvalue weighted by molar-refractivity contribution is 0.297. The molecular weight excluding hydrogens is 342 g/mol. The highest BCUT2D eigenvalue weighted by atomic mass is 35.6. The highest BCUT2D eigenvalue weighted by Crippen LogP contribution is 2.38. The van der Waals surface area contributed by atoms with Gasteiger partial charge in [0.25, 0.3) is 0 Å². The third kappa shape index (κ3) is 5.86. The van der Waals surface area contributed by atoms with Crippen LogP contribution in [-0.4, -0.2) is 8.11 Å². The molecule has 1 aromatic carbocycles. The summed E-state index contributed by atoms with van der Waals surface area (Å²) < 4.78 is 0. The summed E-state index contributed by atoms with van der Waals surface area (Å²) in [5, 5.41) is 8.92. The van der Waals surface area contributed by atoms with Crippen LogP contribution in [0, 0.1) is 23.2 Å². The monoisotopic (exact) mass is 373 g/mol. The Morgan fingerprint density at radius 2 is 1.44 bits per heavy atom. The lowest BCUT2D eigenvalue weighted by Gasteiger charge is -2.29. The largest absolute Gasteiger partial charge is 0.192 e. The lowest BCUT2D eigenvalue weighted by Crippen LogP contribution is -2.16. The van der Waals surface area contributed by atoms with Gasteiger partial charge in [-0.1, -0.05) is 50.7 Å². The minimum Gasteiger partial charge on any atom is -0.192 e. The fourth-order valence-electron chi connectivity index (χ4n) is 4.89. The second-order valence-corrected chi connectivity index (χ2v) is 12.6. The quantitative estimate of drug-likeness (QED) is 0.306. The van der Waals surface area contributed by atoms with E-state index in [4.69, 9.17) is 16.3 Å². The van der Waals surface area contributed by atoms with Gasteiger partial charge in [0, 0.05) is 0 Å². The lowest BCUT2D eigenvalue weighted by atomic mass is 9.77. The Morgan fingerprint density at radius 1 is 0.880 bits per heavy atom. The van der Waals surface area contributed by atoms with E-state index in [2.05, 4.69) is 18.2 Å². The van der Waals surface area contributed by atoms with Crippen molar-refractivity contribution in [3.63, 3.8) is 0 Å². The number of nitrogens with zero attached hydrogens (tertiary/aromatic N) is 1. The Labute approximate surface area is 160 Å². The molecule has 0 amide bonds. The van der Waals surface area contributed by atoms with Gasteiger partial charge in [-0.3, -0.25) is 0 Å². The first-order valence-corrected chi connectivity index (χ1v) is 13.8. The first kappa shape index (κ1) is 19.0. The summed E-state index contributed by atoms with van der Waals surface area (Å²) in [4.78, 5) is 0. The molecule has 0 atom stereocenters. The first-order chi connectivity index (χ1) is 12.2. The van der Waals surface area contributed by atoms with Crippen molar-refractivity contribution >= 4 is 19.2 Å². The molecule has 0 unspecified atom stereocenters. The maximum atomic E-state index is 8.92. The van der Waals surface area contributed by atoms with E-state index in [-0.39, 0.29) is 0 Å². The molecule has 25 heavy (non-hydrogen) atoms. The van der Waals surface area contributed by atoms with Crippen molar-refractivity contribution in [3.8, 4) is 6.07 Å². The second kappa shape index (κ2) is 9.79. The van der Waals surface area contributed by atoms with Crippen LogP contribution < -0.4 is 0 Å². The van der Waals surface area contributed by atoms with Crippen LogP contribution in [0.5, 0.6) is 0 Å². The van der Waals surface area contributed by atoms with E-state index in [1.54, 1.807) is 0 Å². The van der Waals surface area contributed by atoms with Gasteiger partial charge in [0.15, 0.2) is 0 Å². The van der Waals surface area contributed by atoms with Crippen molar-refractivity contribution in [3.05, 3.63) is 35.4 Å². The number of benzene rings is 1. The third-order valence-electron chi connectivity index (χ3n) is 6.61. The molecule has 0 spiro atoms. The molecule has 1 nitrogen and oxygen atoms in total. The van der Waals surface area contributed by atoms with Crippen LogP contribution in [0.25, 0.3) is 0 Å². The summed E-state index contributed by atoms with van der Waals surface area (Å²) in [6.45, 7) is 0.